The lowest BCUT2D eigenvalue weighted by Gasteiger charge is -2.34. The third-order valence-electron chi connectivity index (χ3n) is 11.9. The molecule has 0 saturated carbocycles. The van der Waals surface area contributed by atoms with Gasteiger partial charge in [0.05, 0.1) is 40.3 Å². The maximum atomic E-state index is 12.8. The Bertz CT molecular complexity index is 1250. The van der Waals surface area contributed by atoms with Crippen LogP contribution in [0.25, 0.3) is 0 Å². The van der Waals surface area contributed by atoms with E-state index in [4.69, 9.17) is 14.2 Å². The van der Waals surface area contributed by atoms with Crippen molar-refractivity contribution in [3.63, 3.8) is 0 Å². The first-order valence-electron chi connectivity index (χ1n) is 26.8. The molecule has 8 nitrogen and oxygen atoms in total. The number of carbonyl (C=O) groups is 3. The fourth-order valence-electron chi connectivity index (χ4n) is 7.78. The van der Waals surface area contributed by atoms with Gasteiger partial charge in [-0.2, -0.15) is 0 Å². The first kappa shape index (κ1) is 62.0. The number of carboxylic acids is 1. The van der Waals surface area contributed by atoms with Crippen LogP contribution in [0.3, 0.4) is 0 Å². The molecule has 0 rings (SSSR count). The number of likely N-dealkylation sites (N-methyl/N-ethyl adjacent to an activating group) is 1. The van der Waals surface area contributed by atoms with Crippen LogP contribution in [0.5, 0.6) is 0 Å². The normalized spacial score (nSPS) is 13.3. The molecule has 0 aromatic carbocycles. The average molecular weight is 912 g/mol. The molecule has 0 aliphatic rings. The van der Waals surface area contributed by atoms with Crippen LogP contribution in [0, 0.1) is 0 Å². The van der Waals surface area contributed by atoms with Crippen LogP contribution in [-0.4, -0.2) is 75.5 Å². The average Bonchev–Trinajstić information content (AvgIpc) is 3.27. The third-order valence-corrected chi connectivity index (χ3v) is 11.9. The van der Waals surface area contributed by atoms with E-state index in [0.29, 0.717) is 12.8 Å². The Morgan fingerprint density at radius 1 is 0.492 bits per heavy atom. The van der Waals surface area contributed by atoms with Gasteiger partial charge in [0.1, 0.15) is 12.6 Å². The van der Waals surface area contributed by atoms with E-state index in [2.05, 4.69) is 74.6 Å². The van der Waals surface area contributed by atoms with Crippen molar-refractivity contribution in [2.45, 2.75) is 244 Å². The van der Waals surface area contributed by atoms with Crippen LogP contribution in [0.1, 0.15) is 232 Å². The van der Waals surface area contributed by atoms with Crippen molar-refractivity contribution in [2.24, 2.45) is 0 Å². The van der Waals surface area contributed by atoms with Gasteiger partial charge in [0.2, 0.25) is 0 Å². The number of unbranched alkanes of at least 4 members (excludes halogenated alkanes) is 25. The number of hydrogen-bond donors (Lipinski definition) is 0. The van der Waals surface area contributed by atoms with Crippen LogP contribution >= 0.6 is 0 Å². The van der Waals surface area contributed by atoms with Crippen molar-refractivity contribution in [1.29, 1.82) is 0 Å². The highest BCUT2D eigenvalue weighted by Crippen LogP contribution is 2.15. The lowest BCUT2D eigenvalue weighted by atomic mass is 10.0. The summed E-state index contributed by atoms with van der Waals surface area (Å²) >= 11 is 0. The second kappa shape index (κ2) is 47.5. The van der Waals surface area contributed by atoms with Gasteiger partial charge < -0.3 is 28.6 Å². The Labute approximate surface area is 400 Å². The molecule has 0 N–H and O–H groups in total. The van der Waals surface area contributed by atoms with Gasteiger partial charge in [0.25, 0.3) is 0 Å². The summed E-state index contributed by atoms with van der Waals surface area (Å²) in [5.41, 5.74) is 0. The summed E-state index contributed by atoms with van der Waals surface area (Å²) in [6.45, 7) is 4.55. The first-order chi connectivity index (χ1) is 31.6. The second-order valence-electron chi connectivity index (χ2n) is 19.1. The van der Waals surface area contributed by atoms with Gasteiger partial charge in [-0.15, -0.1) is 0 Å². The van der Waals surface area contributed by atoms with Crippen molar-refractivity contribution in [2.75, 3.05) is 41.0 Å². The molecule has 2 unspecified atom stereocenters. The van der Waals surface area contributed by atoms with Crippen molar-refractivity contribution in [3.05, 3.63) is 60.8 Å². The molecule has 0 aromatic rings. The maximum absolute atomic E-state index is 12.8. The molecular formula is C57H101NO7. The molecule has 8 heteroatoms. The molecule has 0 spiro atoms. The highest BCUT2D eigenvalue weighted by Gasteiger charge is 2.25. The number of nitrogens with zero attached hydrogens (tertiary/aromatic N) is 1. The highest BCUT2D eigenvalue weighted by molar-refractivity contribution is 5.70. The molecular weight excluding hydrogens is 811 g/mol. The van der Waals surface area contributed by atoms with Gasteiger partial charge in [0.15, 0.2) is 6.10 Å². The molecule has 0 saturated heterocycles. The molecule has 65 heavy (non-hydrogen) atoms. The zero-order valence-electron chi connectivity index (χ0n) is 42.9. The summed E-state index contributed by atoms with van der Waals surface area (Å²) in [6.07, 6.45) is 59.7. The van der Waals surface area contributed by atoms with Crippen LogP contribution in [0.2, 0.25) is 0 Å². The SMILES string of the molecule is CC/C=C/C/C=C/C/C=C/CCCCCCCCCCCCCCCC(=O)OCC(COCCC(C(=O)[O-])[N+](C)(C)C)OC(=O)CCCCCCC/C=C/C=C/CCCCCCCCC. The van der Waals surface area contributed by atoms with Crippen molar-refractivity contribution >= 4 is 17.9 Å². The first-order valence-corrected chi connectivity index (χ1v) is 26.8. The van der Waals surface area contributed by atoms with E-state index in [1.165, 1.54) is 122 Å². The summed E-state index contributed by atoms with van der Waals surface area (Å²) in [4.78, 5) is 37.1. The number of carbonyl (C=O) groups excluding carboxylic acids is 3. The number of hydrogen-bond acceptors (Lipinski definition) is 7. The maximum Gasteiger partial charge on any atom is 0.306 e. The smallest absolute Gasteiger partial charge is 0.306 e. The van der Waals surface area contributed by atoms with Crippen LogP contribution in [-0.2, 0) is 28.6 Å². The van der Waals surface area contributed by atoms with E-state index < -0.39 is 18.1 Å². The minimum atomic E-state index is -1.13. The van der Waals surface area contributed by atoms with Gasteiger partial charge in [-0.1, -0.05) is 203 Å². The summed E-state index contributed by atoms with van der Waals surface area (Å²) in [6, 6.07) is -0.731. The van der Waals surface area contributed by atoms with E-state index in [1.54, 1.807) is 21.1 Å². The number of allylic oxidation sites excluding steroid dienone is 10. The predicted molar refractivity (Wildman–Crippen MR) is 273 cm³/mol. The molecule has 0 aromatic heterocycles. The minimum absolute atomic E-state index is 0.0337. The van der Waals surface area contributed by atoms with Gasteiger partial charge >= 0.3 is 11.9 Å². The number of esters is 2. The molecule has 0 fully saturated rings. The van der Waals surface area contributed by atoms with E-state index in [-0.39, 0.29) is 42.7 Å². The zero-order valence-corrected chi connectivity index (χ0v) is 42.9. The fourth-order valence-corrected chi connectivity index (χ4v) is 7.78. The number of aliphatic carboxylic acids is 1. The molecule has 0 amide bonds. The van der Waals surface area contributed by atoms with E-state index in [0.717, 1.165) is 77.0 Å². The second-order valence-corrected chi connectivity index (χ2v) is 19.1. The van der Waals surface area contributed by atoms with Crippen LogP contribution in [0.15, 0.2) is 60.8 Å². The zero-order chi connectivity index (χ0) is 47.7. The van der Waals surface area contributed by atoms with Gasteiger partial charge in [-0.3, -0.25) is 9.59 Å². The molecule has 2 atom stereocenters. The third kappa shape index (κ3) is 46.0. The Morgan fingerprint density at radius 2 is 0.908 bits per heavy atom. The molecule has 0 aliphatic heterocycles. The van der Waals surface area contributed by atoms with Crippen molar-refractivity contribution in [3.8, 4) is 0 Å². The largest absolute Gasteiger partial charge is 0.544 e. The van der Waals surface area contributed by atoms with Crippen LogP contribution in [0.4, 0.5) is 0 Å². The number of quaternary nitrogens is 1. The van der Waals surface area contributed by atoms with Crippen molar-refractivity contribution < 1.29 is 38.2 Å². The number of rotatable bonds is 48. The van der Waals surface area contributed by atoms with Crippen LogP contribution < -0.4 is 5.11 Å². The highest BCUT2D eigenvalue weighted by atomic mass is 16.6. The van der Waals surface area contributed by atoms with Gasteiger partial charge in [0, 0.05) is 19.3 Å². The molecule has 0 bridgehead atoms. The fraction of sp³-hybridized carbons (Fsp3) is 0.772. The summed E-state index contributed by atoms with van der Waals surface area (Å²) < 4.78 is 17.3. The lowest BCUT2D eigenvalue weighted by molar-refractivity contribution is -0.889. The Hall–Kier alpha value is -2.97. The predicted octanol–water partition coefficient (Wildman–Crippen LogP) is 14.4. The lowest BCUT2D eigenvalue weighted by Crippen LogP contribution is -2.55. The molecule has 0 heterocycles. The standard InChI is InChI=1S/C57H101NO7/c1-6-8-10-12-14-16-18-20-22-24-26-27-28-29-30-32-33-35-37-39-41-43-45-47-55(59)64-52-53(51-63-50-49-54(57(61)62)58(3,4)5)65-56(60)48-46-44-42-40-38-36-34-31-25-23-21-19-17-15-13-11-9-7-2/h8,10,14,16,20,22-23,25,31,34,53-54H,6-7,9,11-13,15,17-19,21,24,26-30,32-33,35-52H2,1-5H3/b10-8+,16-14+,22-20+,25-23+,34-31+. The molecule has 0 aliphatic carbocycles. The quantitative estimate of drug-likeness (QED) is 0.0197. The Morgan fingerprint density at radius 3 is 1.37 bits per heavy atom. The van der Waals surface area contributed by atoms with E-state index in [1.807, 2.05) is 0 Å². The van der Waals surface area contributed by atoms with E-state index >= 15 is 0 Å². The summed E-state index contributed by atoms with van der Waals surface area (Å²) in [7, 11) is 5.41. The Kier molecular flexibility index (Phi) is 45.3. The van der Waals surface area contributed by atoms with Gasteiger partial charge in [-0.05, 0) is 70.6 Å². The van der Waals surface area contributed by atoms with Crippen molar-refractivity contribution in [1.82, 2.24) is 0 Å². The van der Waals surface area contributed by atoms with Gasteiger partial charge in [-0.25, -0.2) is 0 Å². The summed E-state index contributed by atoms with van der Waals surface area (Å²) in [5, 5.41) is 11.7. The minimum Gasteiger partial charge on any atom is -0.544 e. The monoisotopic (exact) mass is 912 g/mol. The molecule has 376 valence electrons. The number of carboxylic acid groups (broad SMARTS) is 1. The topological polar surface area (TPSA) is 102 Å². The number of ether oxygens (including phenoxy) is 3. The Balaban J connectivity index is 4.22. The van der Waals surface area contributed by atoms with E-state index in [9.17, 15) is 19.5 Å². The summed E-state index contributed by atoms with van der Waals surface area (Å²) in [5.74, 6) is -1.75. The molecule has 0 radical (unpaired) electrons.